The van der Waals surface area contributed by atoms with Crippen LogP contribution in [0.15, 0.2) is 18.2 Å². The molecule has 1 aromatic rings. The third kappa shape index (κ3) is 3.47. The molecule has 5 nitrogen and oxygen atoms in total. The summed E-state index contributed by atoms with van der Waals surface area (Å²) in [6.45, 7) is 7.24. The van der Waals surface area contributed by atoms with Crippen molar-refractivity contribution in [3.05, 3.63) is 23.8 Å². The smallest absolute Gasteiger partial charge is 0.338 e. The summed E-state index contributed by atoms with van der Waals surface area (Å²) in [6.07, 6.45) is 1.10. The summed E-state index contributed by atoms with van der Waals surface area (Å²) in [7, 11) is 2.16. The van der Waals surface area contributed by atoms with Crippen molar-refractivity contribution in [2.24, 2.45) is 0 Å². The molecule has 0 amide bonds. The second-order valence-corrected chi connectivity index (χ2v) is 5.48. The maximum Gasteiger partial charge on any atom is 0.338 e. The molecule has 116 valence electrons. The molecule has 2 N–H and O–H groups in total. The van der Waals surface area contributed by atoms with E-state index < -0.39 is 0 Å². The first-order chi connectivity index (χ1) is 10.1. The Hall–Kier alpha value is -1.75. The van der Waals surface area contributed by atoms with Gasteiger partial charge in [-0.05, 0) is 38.6 Å². The van der Waals surface area contributed by atoms with E-state index in [9.17, 15) is 4.79 Å². The first kappa shape index (κ1) is 15.6. The third-order valence-electron chi connectivity index (χ3n) is 4.13. The summed E-state index contributed by atoms with van der Waals surface area (Å²) < 4.78 is 5.06. The number of piperazine rings is 1. The van der Waals surface area contributed by atoms with Crippen molar-refractivity contribution >= 4 is 17.3 Å². The molecular formula is C16H25N3O2. The Morgan fingerprint density at radius 2 is 2.14 bits per heavy atom. The van der Waals surface area contributed by atoms with Gasteiger partial charge in [-0.25, -0.2) is 4.79 Å². The van der Waals surface area contributed by atoms with Gasteiger partial charge in [-0.3, -0.25) is 4.90 Å². The zero-order chi connectivity index (χ0) is 15.4. The fraction of sp³-hybridized carbons (Fsp3) is 0.562. The molecule has 0 aromatic heterocycles. The van der Waals surface area contributed by atoms with Gasteiger partial charge in [0.2, 0.25) is 0 Å². The maximum absolute atomic E-state index is 11.9. The largest absolute Gasteiger partial charge is 0.462 e. The minimum Gasteiger partial charge on any atom is -0.462 e. The van der Waals surface area contributed by atoms with Gasteiger partial charge >= 0.3 is 5.97 Å². The van der Waals surface area contributed by atoms with Crippen LogP contribution in [0.4, 0.5) is 11.4 Å². The predicted molar refractivity (Wildman–Crippen MR) is 85.7 cm³/mol. The number of benzene rings is 1. The first-order valence-electron chi connectivity index (χ1n) is 7.58. The second-order valence-electron chi connectivity index (χ2n) is 5.48. The van der Waals surface area contributed by atoms with Gasteiger partial charge in [0.25, 0.3) is 0 Å². The molecule has 5 heteroatoms. The molecular weight excluding hydrogens is 266 g/mol. The summed E-state index contributed by atoms with van der Waals surface area (Å²) in [6, 6.07) is 5.89. The van der Waals surface area contributed by atoms with Crippen LogP contribution in [0, 0.1) is 0 Å². The molecule has 1 aliphatic rings. The number of nitrogen functional groups attached to an aromatic ring is 1. The molecule has 1 fully saturated rings. The lowest BCUT2D eigenvalue weighted by atomic mass is 10.1. The standard InChI is InChI=1S/C16H25N3O2/c1-4-13-11-19(9-8-18(13)3)15-10-12(6-7-14(15)17)16(20)21-5-2/h6-7,10,13H,4-5,8-9,11,17H2,1-3H3. The molecule has 0 saturated carbocycles. The van der Waals surface area contributed by atoms with E-state index in [0.29, 0.717) is 23.9 Å². The quantitative estimate of drug-likeness (QED) is 0.679. The Balaban J connectivity index is 2.22. The van der Waals surface area contributed by atoms with E-state index in [0.717, 1.165) is 31.7 Å². The SMILES string of the molecule is CCOC(=O)c1ccc(N)c(N2CCN(C)C(CC)C2)c1. The number of rotatable bonds is 4. The monoisotopic (exact) mass is 291 g/mol. The van der Waals surface area contributed by atoms with E-state index in [-0.39, 0.29) is 5.97 Å². The predicted octanol–water partition coefficient (Wildman–Crippen LogP) is 1.98. The van der Waals surface area contributed by atoms with E-state index in [4.69, 9.17) is 10.5 Å². The number of likely N-dealkylation sites (N-methyl/N-ethyl adjacent to an activating group) is 1. The molecule has 1 atom stereocenters. The lowest BCUT2D eigenvalue weighted by molar-refractivity contribution is 0.0526. The first-order valence-corrected chi connectivity index (χ1v) is 7.58. The van der Waals surface area contributed by atoms with E-state index >= 15 is 0 Å². The third-order valence-corrected chi connectivity index (χ3v) is 4.13. The van der Waals surface area contributed by atoms with Crippen LogP contribution in [0.2, 0.25) is 0 Å². The number of anilines is 2. The highest BCUT2D eigenvalue weighted by molar-refractivity contribution is 5.92. The number of esters is 1. The summed E-state index contributed by atoms with van der Waals surface area (Å²) in [5, 5.41) is 0. The van der Waals surface area contributed by atoms with Crippen LogP contribution >= 0.6 is 0 Å². The van der Waals surface area contributed by atoms with E-state index in [2.05, 4.69) is 23.8 Å². The average Bonchev–Trinajstić information content (AvgIpc) is 2.48. The number of hydrogen-bond donors (Lipinski definition) is 1. The van der Waals surface area contributed by atoms with Crippen molar-refractivity contribution in [2.75, 3.05) is 43.9 Å². The van der Waals surface area contributed by atoms with Gasteiger partial charge in [-0.1, -0.05) is 6.92 Å². The topological polar surface area (TPSA) is 58.8 Å². The molecule has 1 saturated heterocycles. The van der Waals surface area contributed by atoms with Crippen molar-refractivity contribution in [1.82, 2.24) is 4.90 Å². The number of carbonyl (C=O) groups is 1. The van der Waals surface area contributed by atoms with Crippen LogP contribution in [0.25, 0.3) is 0 Å². The van der Waals surface area contributed by atoms with Crippen LogP contribution < -0.4 is 10.6 Å². The molecule has 21 heavy (non-hydrogen) atoms. The summed E-state index contributed by atoms with van der Waals surface area (Å²) in [4.78, 5) is 16.5. The number of nitrogens with two attached hydrogens (primary N) is 1. The molecule has 1 unspecified atom stereocenters. The molecule has 0 radical (unpaired) electrons. The minimum atomic E-state index is -0.292. The van der Waals surface area contributed by atoms with Crippen LogP contribution in [-0.4, -0.2) is 50.2 Å². The Morgan fingerprint density at radius 3 is 2.81 bits per heavy atom. The molecule has 1 aliphatic heterocycles. The Bertz CT molecular complexity index is 504. The molecule has 0 aliphatic carbocycles. The van der Waals surface area contributed by atoms with Crippen LogP contribution in [0.1, 0.15) is 30.6 Å². The lowest BCUT2D eigenvalue weighted by Crippen LogP contribution is -2.51. The van der Waals surface area contributed by atoms with E-state index in [1.165, 1.54) is 0 Å². The number of hydrogen-bond acceptors (Lipinski definition) is 5. The highest BCUT2D eigenvalue weighted by Gasteiger charge is 2.24. The number of nitrogens with zero attached hydrogens (tertiary/aromatic N) is 2. The Kier molecular flexibility index (Phi) is 5.07. The molecule has 0 spiro atoms. The second kappa shape index (κ2) is 6.80. The highest BCUT2D eigenvalue weighted by Crippen LogP contribution is 2.27. The maximum atomic E-state index is 11.9. The van der Waals surface area contributed by atoms with E-state index in [1.807, 2.05) is 13.0 Å². The van der Waals surface area contributed by atoms with Crippen molar-refractivity contribution in [3.8, 4) is 0 Å². The zero-order valence-electron chi connectivity index (χ0n) is 13.1. The lowest BCUT2D eigenvalue weighted by Gasteiger charge is -2.40. The fourth-order valence-corrected chi connectivity index (χ4v) is 2.76. The van der Waals surface area contributed by atoms with Gasteiger partial charge in [0, 0.05) is 25.7 Å². The van der Waals surface area contributed by atoms with Crippen molar-refractivity contribution < 1.29 is 9.53 Å². The summed E-state index contributed by atoms with van der Waals surface area (Å²) in [5.41, 5.74) is 8.32. The average molecular weight is 291 g/mol. The number of ether oxygens (including phenoxy) is 1. The Morgan fingerprint density at radius 1 is 1.38 bits per heavy atom. The van der Waals surface area contributed by atoms with Crippen LogP contribution in [0.3, 0.4) is 0 Å². The van der Waals surface area contributed by atoms with Gasteiger partial charge in [0.1, 0.15) is 0 Å². The van der Waals surface area contributed by atoms with Gasteiger partial charge in [-0.2, -0.15) is 0 Å². The van der Waals surface area contributed by atoms with Gasteiger partial charge in [0.05, 0.1) is 23.5 Å². The fourth-order valence-electron chi connectivity index (χ4n) is 2.76. The van der Waals surface area contributed by atoms with Crippen LogP contribution in [-0.2, 0) is 4.74 Å². The van der Waals surface area contributed by atoms with Gasteiger partial charge < -0.3 is 15.4 Å². The van der Waals surface area contributed by atoms with E-state index in [1.54, 1.807) is 12.1 Å². The van der Waals surface area contributed by atoms with Crippen molar-refractivity contribution in [1.29, 1.82) is 0 Å². The number of carbonyl (C=O) groups excluding carboxylic acids is 1. The van der Waals surface area contributed by atoms with Crippen molar-refractivity contribution in [2.45, 2.75) is 26.3 Å². The summed E-state index contributed by atoms with van der Waals surface area (Å²) in [5.74, 6) is -0.292. The molecule has 1 aromatic carbocycles. The zero-order valence-corrected chi connectivity index (χ0v) is 13.1. The Labute approximate surface area is 126 Å². The van der Waals surface area contributed by atoms with Gasteiger partial charge in [-0.15, -0.1) is 0 Å². The highest BCUT2D eigenvalue weighted by atomic mass is 16.5. The van der Waals surface area contributed by atoms with Gasteiger partial charge in [0.15, 0.2) is 0 Å². The molecule has 1 heterocycles. The normalized spacial score (nSPS) is 19.6. The van der Waals surface area contributed by atoms with Crippen molar-refractivity contribution in [3.63, 3.8) is 0 Å². The summed E-state index contributed by atoms with van der Waals surface area (Å²) >= 11 is 0. The molecule has 2 rings (SSSR count). The minimum absolute atomic E-state index is 0.292. The van der Waals surface area contributed by atoms with Crippen LogP contribution in [0.5, 0.6) is 0 Å². The molecule has 0 bridgehead atoms.